The van der Waals surface area contributed by atoms with E-state index in [0.717, 1.165) is 32.4 Å². The Morgan fingerprint density at radius 2 is 2.19 bits per heavy atom. The average Bonchev–Trinajstić information content (AvgIpc) is 3.20. The number of hydrogen-bond acceptors (Lipinski definition) is 6. The van der Waals surface area contributed by atoms with Crippen molar-refractivity contribution in [3.63, 3.8) is 0 Å². The van der Waals surface area contributed by atoms with Crippen molar-refractivity contribution < 1.29 is 9.72 Å². The van der Waals surface area contributed by atoms with Gasteiger partial charge in [-0.3, -0.25) is 14.9 Å². The van der Waals surface area contributed by atoms with E-state index in [1.54, 1.807) is 12.1 Å². The number of amides is 1. The van der Waals surface area contributed by atoms with Gasteiger partial charge in [0.05, 0.1) is 4.92 Å². The second kappa shape index (κ2) is 8.05. The van der Waals surface area contributed by atoms with Gasteiger partial charge >= 0.3 is 0 Å². The van der Waals surface area contributed by atoms with E-state index >= 15 is 0 Å². The summed E-state index contributed by atoms with van der Waals surface area (Å²) >= 11 is 0. The van der Waals surface area contributed by atoms with Crippen LogP contribution in [0.4, 0.5) is 5.69 Å². The van der Waals surface area contributed by atoms with E-state index in [4.69, 9.17) is 0 Å². The first-order valence-corrected chi connectivity index (χ1v) is 8.77. The number of hydrogen-bond donors (Lipinski definition) is 1. The van der Waals surface area contributed by atoms with Crippen LogP contribution in [0.1, 0.15) is 36.5 Å². The minimum atomic E-state index is -0.498. The molecule has 0 atom stereocenters. The van der Waals surface area contributed by atoms with Crippen LogP contribution in [0.15, 0.2) is 30.9 Å². The molecular formula is C17H22N6O3. The molecule has 1 amide bonds. The number of nitro groups is 1. The van der Waals surface area contributed by atoms with Crippen molar-refractivity contribution in [2.75, 3.05) is 19.6 Å². The highest BCUT2D eigenvalue weighted by atomic mass is 16.6. The summed E-state index contributed by atoms with van der Waals surface area (Å²) in [4.78, 5) is 29.7. The zero-order valence-corrected chi connectivity index (χ0v) is 14.7. The molecule has 9 heteroatoms. The predicted molar refractivity (Wildman–Crippen MR) is 95.2 cm³/mol. The summed E-state index contributed by atoms with van der Waals surface area (Å²) < 4.78 is 1.32. The molecule has 26 heavy (non-hydrogen) atoms. The first-order chi connectivity index (χ1) is 12.6. The van der Waals surface area contributed by atoms with E-state index in [1.807, 2.05) is 11.8 Å². The largest absolute Gasteiger partial charge is 0.336 e. The molecule has 1 aliphatic heterocycles. The van der Waals surface area contributed by atoms with Crippen LogP contribution in [0.3, 0.4) is 0 Å². The third-order valence-corrected chi connectivity index (χ3v) is 4.56. The highest BCUT2D eigenvalue weighted by Gasteiger charge is 2.27. The van der Waals surface area contributed by atoms with Crippen LogP contribution in [0.2, 0.25) is 0 Å². The fourth-order valence-electron chi connectivity index (χ4n) is 3.30. The van der Waals surface area contributed by atoms with Crippen molar-refractivity contribution in [3.8, 4) is 5.69 Å². The SMILES string of the molecule is CCCN(C(=O)c1ccc(-n2cncn2)c([N+](=O)[O-])c1)C1CCNCC1. The molecule has 3 rings (SSSR count). The zero-order valence-electron chi connectivity index (χ0n) is 14.7. The molecule has 1 aliphatic rings. The molecule has 0 saturated carbocycles. The molecule has 0 bridgehead atoms. The molecule has 0 unspecified atom stereocenters. The molecule has 2 heterocycles. The summed E-state index contributed by atoms with van der Waals surface area (Å²) in [6, 6.07) is 4.67. The molecule has 1 saturated heterocycles. The Balaban J connectivity index is 1.92. The van der Waals surface area contributed by atoms with Crippen LogP contribution in [0.25, 0.3) is 5.69 Å². The third-order valence-electron chi connectivity index (χ3n) is 4.56. The molecule has 0 aliphatic carbocycles. The standard InChI is InChI=1S/C17H22N6O3/c1-2-9-21(14-5-7-18-8-6-14)17(24)13-3-4-15(16(10-13)23(25)26)22-12-19-11-20-22/h3-4,10-12,14,18H,2,5-9H2,1H3. The minimum absolute atomic E-state index is 0.160. The van der Waals surface area contributed by atoms with E-state index in [9.17, 15) is 14.9 Å². The summed E-state index contributed by atoms with van der Waals surface area (Å²) in [5.74, 6) is -0.160. The van der Waals surface area contributed by atoms with Gasteiger partial charge in [-0.15, -0.1) is 0 Å². The van der Waals surface area contributed by atoms with Gasteiger partial charge in [-0.25, -0.2) is 9.67 Å². The molecule has 138 valence electrons. The molecule has 9 nitrogen and oxygen atoms in total. The van der Waals surface area contributed by atoms with Crippen molar-refractivity contribution >= 4 is 11.6 Å². The number of piperidine rings is 1. The van der Waals surface area contributed by atoms with Gasteiger partial charge in [0.2, 0.25) is 0 Å². The fraction of sp³-hybridized carbons (Fsp3) is 0.471. The van der Waals surface area contributed by atoms with Gasteiger partial charge < -0.3 is 10.2 Å². The fourth-order valence-corrected chi connectivity index (χ4v) is 3.30. The highest BCUT2D eigenvalue weighted by Crippen LogP contribution is 2.25. The first kappa shape index (κ1) is 18.0. The molecule has 1 N–H and O–H groups in total. The summed E-state index contributed by atoms with van der Waals surface area (Å²) in [5.41, 5.74) is 0.448. The lowest BCUT2D eigenvalue weighted by molar-refractivity contribution is -0.384. The lowest BCUT2D eigenvalue weighted by Gasteiger charge is -2.34. The van der Waals surface area contributed by atoms with Gasteiger partial charge in [-0.2, -0.15) is 5.10 Å². The monoisotopic (exact) mass is 358 g/mol. The maximum absolute atomic E-state index is 13.1. The second-order valence-electron chi connectivity index (χ2n) is 6.28. The average molecular weight is 358 g/mol. The van der Waals surface area contributed by atoms with Gasteiger partial charge in [-0.05, 0) is 44.5 Å². The summed E-state index contributed by atoms with van der Waals surface area (Å²) in [6.07, 6.45) is 5.33. The summed E-state index contributed by atoms with van der Waals surface area (Å²) in [7, 11) is 0. The number of carbonyl (C=O) groups is 1. The van der Waals surface area contributed by atoms with E-state index in [2.05, 4.69) is 15.4 Å². The van der Waals surface area contributed by atoms with E-state index in [1.165, 1.54) is 23.4 Å². The minimum Gasteiger partial charge on any atom is -0.336 e. The Morgan fingerprint density at radius 3 is 2.81 bits per heavy atom. The Labute approximate surface area is 151 Å². The van der Waals surface area contributed by atoms with Gasteiger partial charge in [-0.1, -0.05) is 6.92 Å². The maximum atomic E-state index is 13.1. The smallest absolute Gasteiger partial charge is 0.295 e. The van der Waals surface area contributed by atoms with Crippen LogP contribution in [0.5, 0.6) is 0 Å². The Kier molecular flexibility index (Phi) is 5.57. The topological polar surface area (TPSA) is 106 Å². The number of nitro benzene ring substituents is 1. The van der Waals surface area contributed by atoms with E-state index in [0.29, 0.717) is 12.1 Å². The molecular weight excluding hydrogens is 336 g/mol. The number of rotatable bonds is 6. The maximum Gasteiger partial charge on any atom is 0.295 e. The van der Waals surface area contributed by atoms with Crippen molar-refractivity contribution in [2.45, 2.75) is 32.2 Å². The summed E-state index contributed by atoms with van der Waals surface area (Å²) in [6.45, 7) is 4.42. The Hall–Kier alpha value is -2.81. The zero-order chi connectivity index (χ0) is 18.5. The van der Waals surface area contributed by atoms with Crippen LogP contribution in [-0.4, -0.2) is 56.2 Å². The van der Waals surface area contributed by atoms with Crippen LogP contribution < -0.4 is 5.32 Å². The van der Waals surface area contributed by atoms with Crippen molar-refractivity contribution in [3.05, 3.63) is 46.5 Å². The van der Waals surface area contributed by atoms with Gasteiger partial charge in [0.1, 0.15) is 18.3 Å². The molecule has 1 fully saturated rings. The lowest BCUT2D eigenvalue weighted by atomic mass is 10.0. The first-order valence-electron chi connectivity index (χ1n) is 8.77. The van der Waals surface area contributed by atoms with E-state index < -0.39 is 4.92 Å². The normalized spacial score (nSPS) is 15.0. The number of aromatic nitrogens is 3. The van der Waals surface area contributed by atoms with Gasteiger partial charge in [0, 0.05) is 24.2 Å². The number of nitrogens with zero attached hydrogens (tertiary/aromatic N) is 5. The summed E-state index contributed by atoms with van der Waals surface area (Å²) in [5, 5.41) is 18.7. The molecule has 2 aromatic rings. The quantitative estimate of drug-likeness (QED) is 0.623. The van der Waals surface area contributed by atoms with Crippen LogP contribution in [-0.2, 0) is 0 Å². The third kappa shape index (κ3) is 3.72. The Morgan fingerprint density at radius 1 is 1.42 bits per heavy atom. The molecule has 1 aromatic heterocycles. The van der Waals surface area contributed by atoms with Crippen molar-refractivity contribution in [1.29, 1.82) is 0 Å². The number of carbonyl (C=O) groups excluding carboxylic acids is 1. The Bertz CT molecular complexity index is 771. The molecule has 1 aromatic carbocycles. The van der Waals surface area contributed by atoms with Crippen molar-refractivity contribution in [1.82, 2.24) is 25.0 Å². The number of nitrogens with one attached hydrogen (secondary N) is 1. The molecule has 0 radical (unpaired) electrons. The van der Waals surface area contributed by atoms with E-state index in [-0.39, 0.29) is 23.3 Å². The van der Waals surface area contributed by atoms with Gasteiger partial charge in [0.25, 0.3) is 11.6 Å². The second-order valence-corrected chi connectivity index (χ2v) is 6.28. The van der Waals surface area contributed by atoms with Crippen molar-refractivity contribution in [2.24, 2.45) is 0 Å². The highest BCUT2D eigenvalue weighted by molar-refractivity contribution is 5.95. The van der Waals surface area contributed by atoms with Crippen LogP contribution in [0, 0.1) is 10.1 Å². The predicted octanol–water partition coefficient (Wildman–Crippen LogP) is 1.78. The number of benzene rings is 1. The lowest BCUT2D eigenvalue weighted by Crippen LogP contribution is -2.46. The van der Waals surface area contributed by atoms with Crippen LogP contribution >= 0.6 is 0 Å². The van der Waals surface area contributed by atoms with Gasteiger partial charge in [0.15, 0.2) is 0 Å². The molecule has 0 spiro atoms.